The highest BCUT2D eigenvalue weighted by Gasteiger charge is 2.23. The van der Waals surface area contributed by atoms with Crippen LogP contribution in [0, 0.1) is 0 Å². The Hall–Kier alpha value is -2.07. The molecule has 0 bridgehead atoms. The van der Waals surface area contributed by atoms with Gasteiger partial charge in [-0.2, -0.15) is 0 Å². The van der Waals surface area contributed by atoms with E-state index in [0.717, 1.165) is 41.7 Å². The lowest BCUT2D eigenvalue weighted by atomic mass is 10.1. The predicted molar refractivity (Wildman–Crippen MR) is 92.9 cm³/mol. The molecule has 0 aliphatic carbocycles. The Morgan fingerprint density at radius 1 is 1.09 bits per heavy atom. The van der Waals surface area contributed by atoms with Gasteiger partial charge in [-0.1, -0.05) is 23.7 Å². The van der Waals surface area contributed by atoms with E-state index in [9.17, 15) is 0 Å². The molecule has 2 heterocycles. The molecule has 0 fully saturated rings. The van der Waals surface area contributed by atoms with Gasteiger partial charge in [0, 0.05) is 25.7 Å². The first-order valence-electron chi connectivity index (χ1n) is 7.49. The van der Waals surface area contributed by atoms with Gasteiger partial charge in [0.25, 0.3) is 0 Å². The van der Waals surface area contributed by atoms with Crippen LogP contribution in [-0.4, -0.2) is 35.9 Å². The Bertz CT molecular complexity index is 722. The van der Waals surface area contributed by atoms with Crippen LogP contribution in [0.1, 0.15) is 19.4 Å². The van der Waals surface area contributed by atoms with E-state index in [1.165, 1.54) is 0 Å². The molecule has 0 saturated carbocycles. The maximum Gasteiger partial charge on any atom is 0.160 e. The number of hydrogen-bond acceptors (Lipinski definition) is 4. The normalized spacial score (nSPS) is 13.1. The fourth-order valence-corrected chi connectivity index (χ4v) is 2.90. The van der Waals surface area contributed by atoms with Gasteiger partial charge < -0.3 is 9.80 Å². The summed E-state index contributed by atoms with van der Waals surface area (Å²) in [7, 11) is 2.00. The average molecular weight is 315 g/mol. The molecule has 0 amide bonds. The Morgan fingerprint density at radius 3 is 2.55 bits per heavy atom. The monoisotopic (exact) mass is 314 g/mol. The van der Waals surface area contributed by atoms with Crippen molar-refractivity contribution in [2.24, 2.45) is 4.99 Å². The molecule has 0 spiro atoms. The highest BCUT2D eigenvalue weighted by atomic mass is 35.5. The Labute approximate surface area is 136 Å². The number of benzene rings is 1. The van der Waals surface area contributed by atoms with E-state index in [1.54, 1.807) is 6.07 Å². The molecule has 1 aliphatic heterocycles. The van der Waals surface area contributed by atoms with Gasteiger partial charge in [0.1, 0.15) is 16.7 Å². The van der Waals surface area contributed by atoms with Crippen LogP contribution >= 0.6 is 11.6 Å². The standard InChI is InChI=1S/C17H19ClN4/c1-4-22(5-2)16-12-8-6-7-9-14(12)21(3)17-13(19-16)10-11-15(18)20-17/h6-11H,4-5H2,1-3H3. The van der Waals surface area contributed by atoms with Crippen molar-refractivity contribution in [1.82, 2.24) is 9.88 Å². The zero-order chi connectivity index (χ0) is 15.7. The van der Waals surface area contributed by atoms with Gasteiger partial charge >= 0.3 is 0 Å². The number of halogens is 1. The van der Waals surface area contributed by atoms with Crippen molar-refractivity contribution < 1.29 is 0 Å². The first-order valence-corrected chi connectivity index (χ1v) is 7.86. The molecule has 5 heteroatoms. The van der Waals surface area contributed by atoms with Gasteiger partial charge in [0.05, 0.1) is 5.69 Å². The Balaban J connectivity index is 2.28. The lowest BCUT2D eigenvalue weighted by Gasteiger charge is -2.25. The number of amidine groups is 1. The molecule has 0 N–H and O–H groups in total. The van der Waals surface area contributed by atoms with E-state index in [2.05, 4.69) is 40.8 Å². The molecule has 114 valence electrons. The van der Waals surface area contributed by atoms with Crippen molar-refractivity contribution in [1.29, 1.82) is 0 Å². The van der Waals surface area contributed by atoms with Gasteiger partial charge in [-0.15, -0.1) is 0 Å². The molecule has 0 unspecified atom stereocenters. The summed E-state index contributed by atoms with van der Waals surface area (Å²) in [6, 6.07) is 12.0. The number of aliphatic imine (C=N–C) groups is 1. The van der Waals surface area contributed by atoms with Crippen molar-refractivity contribution in [3.63, 3.8) is 0 Å². The summed E-state index contributed by atoms with van der Waals surface area (Å²) in [6.45, 7) is 6.10. The molecule has 2 aromatic rings. The highest BCUT2D eigenvalue weighted by molar-refractivity contribution is 6.29. The van der Waals surface area contributed by atoms with E-state index < -0.39 is 0 Å². The van der Waals surface area contributed by atoms with Crippen LogP contribution in [0.5, 0.6) is 0 Å². The van der Waals surface area contributed by atoms with E-state index in [0.29, 0.717) is 5.15 Å². The minimum absolute atomic E-state index is 0.476. The van der Waals surface area contributed by atoms with Gasteiger partial charge in [-0.05, 0) is 38.1 Å². The van der Waals surface area contributed by atoms with Crippen molar-refractivity contribution >= 4 is 34.6 Å². The molecular formula is C17H19ClN4. The van der Waals surface area contributed by atoms with Crippen LogP contribution in [0.2, 0.25) is 5.15 Å². The quantitative estimate of drug-likeness (QED) is 0.777. The number of aromatic nitrogens is 1. The van der Waals surface area contributed by atoms with E-state index in [4.69, 9.17) is 16.6 Å². The molecule has 0 radical (unpaired) electrons. The van der Waals surface area contributed by atoms with Crippen LogP contribution in [0.3, 0.4) is 0 Å². The third-order valence-corrected chi connectivity index (χ3v) is 4.14. The van der Waals surface area contributed by atoms with Gasteiger partial charge in [-0.3, -0.25) is 0 Å². The second-order valence-electron chi connectivity index (χ2n) is 5.16. The summed E-state index contributed by atoms with van der Waals surface area (Å²) in [6.07, 6.45) is 0. The maximum atomic E-state index is 6.08. The van der Waals surface area contributed by atoms with E-state index >= 15 is 0 Å². The fourth-order valence-electron chi connectivity index (χ4n) is 2.76. The van der Waals surface area contributed by atoms with Crippen molar-refractivity contribution in [3.05, 3.63) is 47.1 Å². The van der Waals surface area contributed by atoms with Crippen molar-refractivity contribution in [3.8, 4) is 0 Å². The van der Waals surface area contributed by atoms with E-state index in [1.807, 2.05) is 25.2 Å². The molecule has 0 saturated heterocycles. The summed E-state index contributed by atoms with van der Waals surface area (Å²) in [5, 5.41) is 0.476. The third kappa shape index (κ3) is 2.44. The molecule has 1 aliphatic rings. The molecule has 4 nitrogen and oxygen atoms in total. The Kier molecular flexibility index (Phi) is 4.03. The smallest absolute Gasteiger partial charge is 0.160 e. The average Bonchev–Trinajstić information content (AvgIpc) is 2.66. The lowest BCUT2D eigenvalue weighted by Crippen LogP contribution is -2.31. The largest absolute Gasteiger partial charge is 0.357 e. The second kappa shape index (κ2) is 5.97. The predicted octanol–water partition coefficient (Wildman–Crippen LogP) is 4.24. The summed E-state index contributed by atoms with van der Waals surface area (Å²) < 4.78 is 0. The van der Waals surface area contributed by atoms with Gasteiger partial charge in [0.2, 0.25) is 0 Å². The van der Waals surface area contributed by atoms with E-state index in [-0.39, 0.29) is 0 Å². The van der Waals surface area contributed by atoms with Crippen LogP contribution in [0.4, 0.5) is 17.2 Å². The highest BCUT2D eigenvalue weighted by Crippen LogP contribution is 2.38. The topological polar surface area (TPSA) is 31.7 Å². The zero-order valence-electron chi connectivity index (χ0n) is 13.0. The number of anilines is 2. The number of rotatable bonds is 2. The minimum Gasteiger partial charge on any atom is -0.357 e. The maximum absolute atomic E-state index is 6.08. The van der Waals surface area contributed by atoms with Gasteiger partial charge in [0.15, 0.2) is 5.82 Å². The minimum atomic E-state index is 0.476. The van der Waals surface area contributed by atoms with Crippen molar-refractivity contribution in [2.45, 2.75) is 13.8 Å². The fraction of sp³-hybridized carbons (Fsp3) is 0.294. The number of para-hydroxylation sites is 1. The molecular weight excluding hydrogens is 296 g/mol. The summed E-state index contributed by atoms with van der Waals surface area (Å²) in [5.74, 6) is 1.76. The molecule has 3 rings (SSSR count). The lowest BCUT2D eigenvalue weighted by molar-refractivity contribution is 0.467. The number of fused-ring (bicyclic) bond motifs is 2. The number of hydrogen-bond donors (Lipinski definition) is 0. The van der Waals surface area contributed by atoms with Crippen molar-refractivity contribution in [2.75, 3.05) is 25.0 Å². The molecule has 22 heavy (non-hydrogen) atoms. The van der Waals surface area contributed by atoms with Gasteiger partial charge in [-0.25, -0.2) is 9.98 Å². The summed E-state index contributed by atoms with van der Waals surface area (Å²) in [5.41, 5.74) is 3.04. The molecule has 1 aromatic heterocycles. The first-order chi connectivity index (χ1) is 10.7. The summed E-state index contributed by atoms with van der Waals surface area (Å²) >= 11 is 6.08. The first kappa shape index (κ1) is 14.9. The third-order valence-electron chi connectivity index (χ3n) is 3.93. The van der Waals surface area contributed by atoms with Crippen LogP contribution in [0.25, 0.3) is 0 Å². The second-order valence-corrected chi connectivity index (χ2v) is 5.55. The zero-order valence-corrected chi connectivity index (χ0v) is 13.8. The Morgan fingerprint density at radius 2 is 1.82 bits per heavy atom. The molecule has 0 atom stereocenters. The number of pyridine rings is 1. The summed E-state index contributed by atoms with van der Waals surface area (Å²) in [4.78, 5) is 13.7. The van der Waals surface area contributed by atoms with Crippen LogP contribution < -0.4 is 4.90 Å². The van der Waals surface area contributed by atoms with Crippen LogP contribution in [0.15, 0.2) is 41.4 Å². The SMILES string of the molecule is CCN(CC)C1=Nc2ccc(Cl)nc2N(C)c2ccccc21. The van der Waals surface area contributed by atoms with Crippen LogP contribution in [-0.2, 0) is 0 Å². The molecule has 1 aromatic carbocycles. The number of nitrogens with zero attached hydrogens (tertiary/aromatic N) is 4.